The molecule has 3 heteroatoms. The number of aryl methyl sites for hydroxylation is 1. The van der Waals surface area contributed by atoms with E-state index in [0.29, 0.717) is 11.5 Å². The average molecular weight is 279 g/mol. The van der Waals surface area contributed by atoms with Gasteiger partial charge in [-0.15, -0.1) is 0 Å². The lowest BCUT2D eigenvalue weighted by molar-refractivity contribution is -0.0423. The summed E-state index contributed by atoms with van der Waals surface area (Å²) in [6.45, 7) is 4.18. The van der Waals surface area contributed by atoms with E-state index in [1.165, 1.54) is 6.07 Å². The molecule has 1 N–H and O–H groups in total. The maximum Gasteiger partial charge on any atom is 0.129 e. The van der Waals surface area contributed by atoms with Gasteiger partial charge in [-0.05, 0) is 58.7 Å². The van der Waals surface area contributed by atoms with Crippen LogP contribution in [0.3, 0.4) is 0 Å². The summed E-state index contributed by atoms with van der Waals surface area (Å²) >= 11 is 0. The van der Waals surface area contributed by atoms with E-state index in [-0.39, 0.29) is 11.4 Å². The van der Waals surface area contributed by atoms with Gasteiger partial charge in [0.25, 0.3) is 0 Å². The molecule has 1 saturated carbocycles. The normalized spacial score (nSPS) is 28.6. The Balaban J connectivity index is 2.36. The molecule has 1 aromatic carbocycles. The highest BCUT2D eigenvalue weighted by Crippen LogP contribution is 2.44. The highest BCUT2D eigenvalue weighted by Gasteiger charge is 2.43. The Morgan fingerprint density at radius 1 is 1.30 bits per heavy atom. The van der Waals surface area contributed by atoms with E-state index in [0.717, 1.165) is 31.2 Å². The van der Waals surface area contributed by atoms with Crippen LogP contribution in [0.15, 0.2) is 18.2 Å². The van der Waals surface area contributed by atoms with Crippen LogP contribution < -0.4 is 0 Å². The van der Waals surface area contributed by atoms with Crippen molar-refractivity contribution in [1.29, 1.82) is 0 Å². The fourth-order valence-electron chi connectivity index (χ4n) is 3.39. The number of halogens is 1. The van der Waals surface area contributed by atoms with Crippen LogP contribution in [0.4, 0.5) is 4.39 Å². The number of likely N-dealkylation sites (N-methyl/N-ethyl adjacent to an activating group) is 1. The van der Waals surface area contributed by atoms with E-state index in [9.17, 15) is 9.50 Å². The number of benzene rings is 1. The second kappa shape index (κ2) is 5.82. The molecule has 1 aliphatic rings. The molecule has 1 aromatic rings. The molecule has 1 atom stereocenters. The van der Waals surface area contributed by atoms with E-state index in [4.69, 9.17) is 0 Å². The standard InChI is InChI=1S/C17H26FNO/c1-12-7-9-17(10-8-12,19(3)4)16(20)14-11-13(2)5-6-15(14)18/h5-6,11-12,16,20H,7-10H2,1-4H3. The van der Waals surface area contributed by atoms with Crippen molar-refractivity contribution in [3.8, 4) is 0 Å². The van der Waals surface area contributed by atoms with Crippen molar-refractivity contribution in [2.75, 3.05) is 14.1 Å². The zero-order valence-electron chi connectivity index (χ0n) is 13.0. The Morgan fingerprint density at radius 2 is 1.90 bits per heavy atom. The summed E-state index contributed by atoms with van der Waals surface area (Å²) in [5.41, 5.74) is 1.08. The number of nitrogens with zero attached hydrogens (tertiary/aromatic N) is 1. The first-order valence-corrected chi connectivity index (χ1v) is 7.48. The summed E-state index contributed by atoms with van der Waals surface area (Å²) in [6.07, 6.45) is 3.22. The number of aliphatic hydroxyl groups excluding tert-OH is 1. The highest BCUT2D eigenvalue weighted by molar-refractivity contribution is 5.28. The second-order valence-corrected chi connectivity index (χ2v) is 6.61. The van der Waals surface area contributed by atoms with Crippen molar-refractivity contribution in [2.24, 2.45) is 5.92 Å². The molecule has 1 aliphatic carbocycles. The molecule has 0 spiro atoms. The van der Waals surface area contributed by atoms with E-state index in [1.54, 1.807) is 12.1 Å². The molecule has 0 aliphatic heterocycles. The fourth-order valence-corrected chi connectivity index (χ4v) is 3.39. The quantitative estimate of drug-likeness (QED) is 0.912. The molecule has 1 unspecified atom stereocenters. The first-order chi connectivity index (χ1) is 9.36. The summed E-state index contributed by atoms with van der Waals surface area (Å²) in [5.74, 6) is 0.389. The predicted molar refractivity (Wildman–Crippen MR) is 80.1 cm³/mol. The van der Waals surface area contributed by atoms with E-state index < -0.39 is 6.10 Å². The fraction of sp³-hybridized carbons (Fsp3) is 0.647. The van der Waals surface area contributed by atoms with Crippen LogP contribution in [-0.2, 0) is 0 Å². The van der Waals surface area contributed by atoms with Gasteiger partial charge in [-0.3, -0.25) is 0 Å². The molecule has 2 nitrogen and oxygen atoms in total. The van der Waals surface area contributed by atoms with Crippen molar-refractivity contribution < 1.29 is 9.50 Å². The molecule has 2 rings (SSSR count). The molecule has 0 bridgehead atoms. The third kappa shape index (κ3) is 2.75. The van der Waals surface area contributed by atoms with Crippen LogP contribution in [0.1, 0.15) is 49.8 Å². The molecular formula is C17H26FNO. The first kappa shape index (κ1) is 15.5. The third-order valence-corrected chi connectivity index (χ3v) is 4.99. The smallest absolute Gasteiger partial charge is 0.129 e. The summed E-state index contributed by atoms with van der Waals surface area (Å²) < 4.78 is 14.1. The van der Waals surface area contributed by atoms with Gasteiger partial charge in [0.1, 0.15) is 11.9 Å². The van der Waals surface area contributed by atoms with Gasteiger partial charge in [0.2, 0.25) is 0 Å². The van der Waals surface area contributed by atoms with Gasteiger partial charge in [0, 0.05) is 5.56 Å². The van der Waals surface area contributed by atoms with Crippen molar-refractivity contribution >= 4 is 0 Å². The zero-order valence-corrected chi connectivity index (χ0v) is 13.0. The lowest BCUT2D eigenvalue weighted by atomic mass is 9.71. The molecule has 20 heavy (non-hydrogen) atoms. The summed E-state index contributed by atoms with van der Waals surface area (Å²) in [5, 5.41) is 10.9. The average Bonchev–Trinajstić information content (AvgIpc) is 2.41. The summed E-state index contributed by atoms with van der Waals surface area (Å²) in [7, 11) is 3.99. The highest BCUT2D eigenvalue weighted by atomic mass is 19.1. The number of aliphatic hydroxyl groups is 1. The van der Waals surface area contributed by atoms with Crippen molar-refractivity contribution in [1.82, 2.24) is 4.90 Å². The van der Waals surface area contributed by atoms with E-state index >= 15 is 0 Å². The zero-order chi connectivity index (χ0) is 14.9. The van der Waals surface area contributed by atoms with Crippen LogP contribution in [0.25, 0.3) is 0 Å². The Kier molecular flexibility index (Phi) is 4.50. The maximum atomic E-state index is 14.1. The van der Waals surface area contributed by atoms with Crippen molar-refractivity contribution in [3.05, 3.63) is 35.1 Å². The molecule has 0 amide bonds. The van der Waals surface area contributed by atoms with Crippen LogP contribution in [0.5, 0.6) is 0 Å². The molecule has 1 fully saturated rings. The second-order valence-electron chi connectivity index (χ2n) is 6.61. The molecule has 0 heterocycles. The van der Waals surface area contributed by atoms with Crippen LogP contribution in [-0.4, -0.2) is 29.6 Å². The van der Waals surface area contributed by atoms with Gasteiger partial charge in [0.05, 0.1) is 5.54 Å². The van der Waals surface area contributed by atoms with Gasteiger partial charge < -0.3 is 10.0 Å². The van der Waals surface area contributed by atoms with Gasteiger partial charge in [-0.25, -0.2) is 4.39 Å². The van der Waals surface area contributed by atoms with Crippen molar-refractivity contribution in [3.63, 3.8) is 0 Å². The molecular weight excluding hydrogens is 253 g/mol. The Hall–Kier alpha value is -0.930. The van der Waals surface area contributed by atoms with Gasteiger partial charge >= 0.3 is 0 Å². The van der Waals surface area contributed by atoms with Gasteiger partial charge in [-0.2, -0.15) is 0 Å². The minimum atomic E-state index is -0.773. The Morgan fingerprint density at radius 3 is 2.45 bits per heavy atom. The van der Waals surface area contributed by atoms with E-state index in [1.807, 2.05) is 21.0 Å². The first-order valence-electron chi connectivity index (χ1n) is 7.48. The monoisotopic (exact) mass is 279 g/mol. The third-order valence-electron chi connectivity index (χ3n) is 4.99. The molecule has 112 valence electrons. The number of hydrogen-bond donors (Lipinski definition) is 1. The van der Waals surface area contributed by atoms with Crippen LogP contribution in [0.2, 0.25) is 0 Å². The summed E-state index contributed by atoms with van der Waals surface area (Å²) in [6, 6.07) is 4.99. The topological polar surface area (TPSA) is 23.5 Å². The lowest BCUT2D eigenvalue weighted by Gasteiger charge is -2.47. The van der Waals surface area contributed by atoms with Crippen LogP contribution in [0, 0.1) is 18.7 Å². The molecule has 0 radical (unpaired) electrons. The number of rotatable bonds is 3. The maximum absolute atomic E-state index is 14.1. The van der Waals surface area contributed by atoms with Crippen LogP contribution >= 0.6 is 0 Å². The minimum Gasteiger partial charge on any atom is -0.386 e. The van der Waals surface area contributed by atoms with Crippen molar-refractivity contribution in [2.45, 2.75) is 51.2 Å². The molecule has 0 aromatic heterocycles. The largest absolute Gasteiger partial charge is 0.386 e. The Bertz CT molecular complexity index is 464. The summed E-state index contributed by atoms with van der Waals surface area (Å²) in [4.78, 5) is 2.09. The lowest BCUT2D eigenvalue weighted by Crippen LogP contribution is -2.51. The minimum absolute atomic E-state index is 0.303. The molecule has 0 saturated heterocycles. The van der Waals surface area contributed by atoms with E-state index in [2.05, 4.69) is 11.8 Å². The van der Waals surface area contributed by atoms with Gasteiger partial charge in [0.15, 0.2) is 0 Å². The van der Waals surface area contributed by atoms with Gasteiger partial charge in [-0.1, -0.05) is 24.6 Å². The predicted octanol–water partition coefficient (Wildman–Crippen LogP) is 3.68. The Labute approximate surface area is 121 Å². The number of hydrogen-bond acceptors (Lipinski definition) is 2. The SMILES string of the molecule is Cc1ccc(F)c(C(O)C2(N(C)C)CCC(C)CC2)c1.